The Hall–Kier alpha value is -3.71. The lowest BCUT2D eigenvalue weighted by molar-refractivity contribution is -0.149. The minimum absolute atomic E-state index is 0.0726. The van der Waals surface area contributed by atoms with Gasteiger partial charge in [-0.2, -0.15) is 5.10 Å². The van der Waals surface area contributed by atoms with Crippen LogP contribution in [0.1, 0.15) is 26.2 Å². The highest BCUT2D eigenvalue weighted by molar-refractivity contribution is 7.92. The quantitative estimate of drug-likeness (QED) is 0.122. The number of rotatable bonds is 12. The fourth-order valence-electron chi connectivity index (χ4n) is 4.68. The molecule has 1 saturated heterocycles. The predicted octanol–water partition coefficient (Wildman–Crippen LogP) is 0.645. The van der Waals surface area contributed by atoms with Crippen molar-refractivity contribution in [2.75, 3.05) is 39.4 Å². The molecule has 0 radical (unpaired) electrons. The summed E-state index contributed by atoms with van der Waals surface area (Å²) in [5.41, 5.74) is 0. The topological polar surface area (TPSA) is 161 Å². The van der Waals surface area contributed by atoms with Crippen LogP contribution < -0.4 is 11.2 Å². The summed E-state index contributed by atoms with van der Waals surface area (Å²) in [7, 11) is -4.32. The summed E-state index contributed by atoms with van der Waals surface area (Å²) in [4.78, 5) is 42.2. The number of esters is 1. The standard InChI is InChI=1S/C27H35N5O7S/c1-2-38-26(34)17-32(21-8-9-21)27(35)24(14-25(33)29-15-22-16-31(18-30-28)11-12-39-22)40(36,37)23-10-7-19-5-3-4-6-20(19)13-23/h3-7,10,13,18,21-22,24H,2,8-9,11-12,14-17,28H2,1H3,(H,29,33)/t22?,24-/m0/s1. The van der Waals surface area contributed by atoms with Crippen LogP contribution in [-0.4, -0.2) is 99.1 Å². The molecule has 12 nitrogen and oxygen atoms in total. The zero-order valence-electron chi connectivity index (χ0n) is 22.4. The van der Waals surface area contributed by atoms with Crippen molar-refractivity contribution >= 4 is 44.7 Å². The molecule has 2 fully saturated rings. The molecule has 1 heterocycles. The second-order valence-corrected chi connectivity index (χ2v) is 11.9. The van der Waals surface area contributed by atoms with E-state index in [1.165, 1.54) is 23.4 Å². The number of ether oxygens (including phenoxy) is 2. The molecule has 3 N–H and O–H groups in total. The first-order chi connectivity index (χ1) is 19.2. The number of morpholine rings is 1. The molecule has 0 aromatic heterocycles. The second kappa shape index (κ2) is 13.1. The van der Waals surface area contributed by atoms with Gasteiger partial charge in [0.15, 0.2) is 15.1 Å². The number of nitrogens with one attached hydrogen (secondary N) is 1. The van der Waals surface area contributed by atoms with Gasteiger partial charge in [0, 0.05) is 25.7 Å². The zero-order chi connectivity index (χ0) is 28.7. The Morgan fingerprint density at radius 1 is 1.23 bits per heavy atom. The number of sulfone groups is 1. The average Bonchev–Trinajstić information content (AvgIpc) is 3.79. The monoisotopic (exact) mass is 573 g/mol. The van der Waals surface area contributed by atoms with Crippen molar-refractivity contribution in [3.63, 3.8) is 0 Å². The number of fused-ring (bicyclic) bond motifs is 1. The van der Waals surface area contributed by atoms with Crippen LogP contribution in [0.15, 0.2) is 52.5 Å². The largest absolute Gasteiger partial charge is 0.465 e. The number of amides is 2. The molecule has 40 heavy (non-hydrogen) atoms. The number of nitrogens with zero attached hydrogens (tertiary/aromatic N) is 3. The highest BCUT2D eigenvalue weighted by Gasteiger charge is 2.44. The van der Waals surface area contributed by atoms with E-state index in [0.717, 1.165) is 5.39 Å². The molecule has 1 aliphatic carbocycles. The Kier molecular flexibility index (Phi) is 9.58. The summed E-state index contributed by atoms with van der Waals surface area (Å²) in [6.07, 6.45) is 1.79. The summed E-state index contributed by atoms with van der Waals surface area (Å²) in [6.45, 7) is 2.96. The summed E-state index contributed by atoms with van der Waals surface area (Å²) >= 11 is 0. The maximum atomic E-state index is 13.9. The highest BCUT2D eigenvalue weighted by atomic mass is 32.2. The van der Waals surface area contributed by atoms with E-state index in [-0.39, 0.29) is 36.7 Å². The van der Waals surface area contributed by atoms with E-state index in [0.29, 0.717) is 37.9 Å². The first kappa shape index (κ1) is 29.3. The van der Waals surface area contributed by atoms with Crippen LogP contribution in [0.25, 0.3) is 10.8 Å². The fourth-order valence-corrected chi connectivity index (χ4v) is 6.32. The molecule has 2 aromatic rings. The number of benzene rings is 2. The molecule has 1 aliphatic heterocycles. The molecular formula is C27H35N5O7S. The lowest BCUT2D eigenvalue weighted by Crippen LogP contribution is -2.50. The highest BCUT2D eigenvalue weighted by Crippen LogP contribution is 2.31. The van der Waals surface area contributed by atoms with Crippen LogP contribution in [-0.2, 0) is 33.7 Å². The third-order valence-electron chi connectivity index (χ3n) is 6.87. The summed E-state index contributed by atoms with van der Waals surface area (Å²) in [6, 6.07) is 11.6. The van der Waals surface area contributed by atoms with E-state index in [1.807, 2.05) is 17.0 Å². The van der Waals surface area contributed by atoms with Crippen molar-refractivity contribution in [3.8, 4) is 0 Å². The summed E-state index contributed by atoms with van der Waals surface area (Å²) in [5.74, 6) is 3.18. The Morgan fingerprint density at radius 3 is 2.67 bits per heavy atom. The minimum Gasteiger partial charge on any atom is -0.465 e. The maximum absolute atomic E-state index is 13.9. The van der Waals surface area contributed by atoms with Crippen molar-refractivity contribution < 1.29 is 32.3 Å². The fraction of sp³-hybridized carbons (Fsp3) is 0.481. The van der Waals surface area contributed by atoms with E-state index in [9.17, 15) is 22.8 Å². The van der Waals surface area contributed by atoms with Gasteiger partial charge < -0.3 is 30.4 Å². The maximum Gasteiger partial charge on any atom is 0.325 e. The van der Waals surface area contributed by atoms with Gasteiger partial charge >= 0.3 is 5.97 Å². The molecule has 2 amide bonds. The normalized spacial score (nSPS) is 18.4. The van der Waals surface area contributed by atoms with Gasteiger partial charge in [0.05, 0.1) is 30.6 Å². The van der Waals surface area contributed by atoms with Gasteiger partial charge in [-0.1, -0.05) is 30.3 Å². The lowest BCUT2D eigenvalue weighted by atomic mass is 10.1. The molecule has 4 rings (SSSR count). The first-order valence-corrected chi connectivity index (χ1v) is 14.8. The third kappa shape index (κ3) is 7.27. The number of carbonyl (C=O) groups excluding carboxylic acids is 3. The van der Waals surface area contributed by atoms with Gasteiger partial charge in [0.2, 0.25) is 11.8 Å². The molecule has 216 valence electrons. The van der Waals surface area contributed by atoms with E-state index in [4.69, 9.17) is 15.3 Å². The average molecular weight is 574 g/mol. The van der Waals surface area contributed by atoms with Crippen LogP contribution in [0.4, 0.5) is 0 Å². The number of nitrogens with two attached hydrogens (primary N) is 1. The number of hydrazone groups is 1. The third-order valence-corrected chi connectivity index (χ3v) is 8.90. The Bertz CT molecular complexity index is 1360. The molecule has 2 aliphatic rings. The number of hydrogen-bond donors (Lipinski definition) is 2. The van der Waals surface area contributed by atoms with Crippen molar-refractivity contribution in [3.05, 3.63) is 42.5 Å². The molecule has 0 spiro atoms. The van der Waals surface area contributed by atoms with Gasteiger partial charge in [0.1, 0.15) is 12.9 Å². The van der Waals surface area contributed by atoms with Crippen molar-refractivity contribution in [2.24, 2.45) is 10.9 Å². The van der Waals surface area contributed by atoms with Crippen LogP contribution in [0.3, 0.4) is 0 Å². The first-order valence-electron chi connectivity index (χ1n) is 13.3. The molecule has 1 unspecified atom stereocenters. The van der Waals surface area contributed by atoms with Crippen molar-refractivity contribution in [1.29, 1.82) is 0 Å². The van der Waals surface area contributed by atoms with Gasteiger partial charge in [-0.3, -0.25) is 14.4 Å². The zero-order valence-corrected chi connectivity index (χ0v) is 23.2. The number of carbonyl (C=O) groups is 3. The summed E-state index contributed by atoms with van der Waals surface area (Å²) in [5, 5.41) is 6.01. The van der Waals surface area contributed by atoms with Gasteiger partial charge in [-0.25, -0.2) is 8.42 Å². The SMILES string of the molecule is CCOC(=O)CN(C(=O)[C@H](CC(=O)NCC1CN(C=NN)CCO1)S(=O)(=O)c1ccc2ccccc2c1)C1CC1. The minimum atomic E-state index is -4.32. The lowest BCUT2D eigenvalue weighted by Gasteiger charge is -2.31. The Balaban J connectivity index is 1.57. The van der Waals surface area contributed by atoms with Crippen LogP contribution >= 0.6 is 0 Å². The van der Waals surface area contributed by atoms with Crippen LogP contribution in [0.2, 0.25) is 0 Å². The van der Waals surface area contributed by atoms with Crippen molar-refractivity contribution in [1.82, 2.24) is 15.1 Å². The van der Waals surface area contributed by atoms with E-state index in [1.54, 1.807) is 25.1 Å². The predicted molar refractivity (Wildman–Crippen MR) is 148 cm³/mol. The van der Waals surface area contributed by atoms with Gasteiger partial charge in [0.25, 0.3) is 0 Å². The second-order valence-electron chi connectivity index (χ2n) is 9.81. The molecular weight excluding hydrogens is 538 g/mol. The van der Waals surface area contributed by atoms with E-state index in [2.05, 4.69) is 10.4 Å². The molecule has 2 atom stereocenters. The van der Waals surface area contributed by atoms with Gasteiger partial charge in [-0.15, -0.1) is 0 Å². The van der Waals surface area contributed by atoms with Crippen LogP contribution in [0, 0.1) is 0 Å². The molecule has 13 heteroatoms. The molecule has 2 aromatic carbocycles. The van der Waals surface area contributed by atoms with Gasteiger partial charge in [-0.05, 0) is 42.7 Å². The Morgan fingerprint density at radius 2 is 1.98 bits per heavy atom. The van der Waals surface area contributed by atoms with Crippen LogP contribution in [0.5, 0.6) is 0 Å². The van der Waals surface area contributed by atoms with E-state index < -0.39 is 39.3 Å². The molecule has 0 bridgehead atoms. The smallest absolute Gasteiger partial charge is 0.325 e. The van der Waals surface area contributed by atoms with E-state index >= 15 is 0 Å². The number of hydrogen-bond acceptors (Lipinski definition) is 9. The van der Waals surface area contributed by atoms with Crippen molar-refractivity contribution in [2.45, 2.75) is 48.5 Å². The molecule has 1 saturated carbocycles. The summed E-state index contributed by atoms with van der Waals surface area (Å²) < 4.78 is 38.6. The Labute approximate surface area is 233 Å².